The van der Waals surface area contributed by atoms with Gasteiger partial charge in [-0.05, 0) is 42.7 Å². The number of rotatable bonds is 4. The largest absolute Gasteiger partial charge is 0.292 e. The molecule has 178 valence electrons. The van der Waals surface area contributed by atoms with Crippen LogP contribution in [0.4, 0.5) is 5.69 Å². The summed E-state index contributed by atoms with van der Waals surface area (Å²) in [5.74, 6) is -0.0144. The van der Waals surface area contributed by atoms with Crippen molar-refractivity contribution in [1.82, 2.24) is 0 Å². The molecular formula is C31H26N2OS2. The Morgan fingerprint density at radius 2 is 1.33 bits per heavy atom. The molecule has 1 atom stereocenters. The third-order valence-corrected chi connectivity index (χ3v) is 10.2. The van der Waals surface area contributed by atoms with Gasteiger partial charge in [0.05, 0.1) is 10.4 Å². The summed E-state index contributed by atoms with van der Waals surface area (Å²) in [5, 5.41) is 7.52. The Balaban J connectivity index is 1.67. The van der Waals surface area contributed by atoms with Gasteiger partial charge < -0.3 is 0 Å². The number of aryl methyl sites for hydroxylation is 2. The van der Waals surface area contributed by atoms with Gasteiger partial charge in [-0.25, -0.2) is 5.01 Å². The third kappa shape index (κ3) is 3.45. The van der Waals surface area contributed by atoms with Gasteiger partial charge in [0.2, 0.25) is 0 Å². The predicted octanol–water partition coefficient (Wildman–Crippen LogP) is 7.61. The number of Topliss-reactive ketones (excluding diaryl/α,β-unsaturated/α-hetero) is 1. The van der Waals surface area contributed by atoms with Crippen LogP contribution >= 0.6 is 23.5 Å². The molecule has 0 fully saturated rings. The molecule has 0 aromatic heterocycles. The van der Waals surface area contributed by atoms with Crippen molar-refractivity contribution in [1.29, 1.82) is 0 Å². The van der Waals surface area contributed by atoms with Gasteiger partial charge in [-0.15, -0.1) is 0 Å². The second-order valence-corrected chi connectivity index (χ2v) is 12.2. The number of para-hydroxylation sites is 1. The average molecular weight is 507 g/mol. The minimum absolute atomic E-state index is 0.0144. The number of nitrogens with zero attached hydrogens (tertiary/aromatic N) is 2. The Morgan fingerprint density at radius 3 is 1.92 bits per heavy atom. The molecule has 4 aromatic carbocycles. The molecule has 0 bridgehead atoms. The van der Waals surface area contributed by atoms with Gasteiger partial charge in [-0.3, -0.25) is 4.79 Å². The Morgan fingerprint density at radius 1 is 0.750 bits per heavy atom. The summed E-state index contributed by atoms with van der Waals surface area (Å²) in [5.41, 5.74) is 8.27. The lowest BCUT2D eigenvalue weighted by atomic mass is 9.81. The van der Waals surface area contributed by atoms with Gasteiger partial charge >= 0.3 is 0 Å². The van der Waals surface area contributed by atoms with E-state index in [1.54, 1.807) is 18.7 Å². The minimum Gasteiger partial charge on any atom is -0.292 e. The summed E-state index contributed by atoms with van der Waals surface area (Å²) >= 11 is 3.43. The normalized spacial score (nSPS) is 19.9. The number of carbonyl (C=O) groups excluding carboxylic acids is 1. The van der Waals surface area contributed by atoms with Crippen molar-refractivity contribution in [3.05, 3.63) is 137 Å². The van der Waals surface area contributed by atoms with Crippen LogP contribution in [0.25, 0.3) is 0 Å². The monoisotopic (exact) mass is 506 g/mol. The molecule has 0 radical (unpaired) electrons. The van der Waals surface area contributed by atoms with Gasteiger partial charge in [0.1, 0.15) is 0 Å². The molecule has 3 nitrogen and oxygen atoms in total. The van der Waals surface area contributed by atoms with Gasteiger partial charge in [0.25, 0.3) is 0 Å². The Kier molecular flexibility index (Phi) is 5.58. The van der Waals surface area contributed by atoms with Crippen molar-refractivity contribution in [3.63, 3.8) is 0 Å². The third-order valence-electron chi connectivity index (χ3n) is 6.79. The molecule has 36 heavy (non-hydrogen) atoms. The van der Waals surface area contributed by atoms with Crippen molar-refractivity contribution >= 4 is 40.0 Å². The smallest absolute Gasteiger partial charge is 0.187 e. The fourth-order valence-corrected chi connectivity index (χ4v) is 8.77. The SMILES string of the molecule is CC(=O)C1=NN(c2ccccc2)[C@]2(S1)SC(c1cccc(C)c1)(c1cccc(C)c1)c1ccccc12. The quantitative estimate of drug-likeness (QED) is 0.285. The first-order chi connectivity index (χ1) is 17.4. The molecule has 6 rings (SSSR count). The fourth-order valence-electron chi connectivity index (χ4n) is 5.23. The first kappa shape index (κ1) is 23.1. The molecule has 5 heteroatoms. The van der Waals surface area contributed by atoms with Crippen LogP contribution in [-0.2, 0) is 13.7 Å². The van der Waals surface area contributed by atoms with E-state index in [0.717, 1.165) is 5.69 Å². The highest BCUT2D eigenvalue weighted by atomic mass is 32.2. The lowest BCUT2D eigenvalue weighted by Gasteiger charge is -2.37. The predicted molar refractivity (Wildman–Crippen MR) is 153 cm³/mol. The molecule has 0 saturated carbocycles. The Hall–Kier alpha value is -3.28. The average Bonchev–Trinajstić information content (AvgIpc) is 3.42. The molecule has 2 aliphatic rings. The number of carbonyl (C=O) groups is 1. The zero-order valence-electron chi connectivity index (χ0n) is 20.4. The van der Waals surface area contributed by atoms with Gasteiger partial charge in [0, 0.05) is 12.5 Å². The standard InChI is InChI=1S/C31H26N2OS2/c1-21-11-9-13-24(19-21)30(25-14-10-12-22(2)20-25)27-17-7-8-18-28(27)31(36-30)33(26-15-5-4-6-16-26)32-29(35-31)23(3)34/h4-20H,1-3H3/t31-/m1/s1. The van der Waals surface area contributed by atoms with Crippen LogP contribution in [0, 0.1) is 13.8 Å². The topological polar surface area (TPSA) is 32.7 Å². The maximum atomic E-state index is 12.7. The molecule has 0 N–H and O–H groups in total. The zero-order chi connectivity index (χ0) is 24.9. The highest BCUT2D eigenvalue weighted by molar-refractivity contribution is 8.27. The number of anilines is 1. The van der Waals surface area contributed by atoms with Crippen LogP contribution in [-0.4, -0.2) is 10.8 Å². The minimum atomic E-state index is -0.632. The van der Waals surface area contributed by atoms with E-state index in [1.165, 1.54) is 33.4 Å². The number of hydrogen-bond donors (Lipinski definition) is 0. The van der Waals surface area contributed by atoms with Crippen molar-refractivity contribution in [2.24, 2.45) is 5.10 Å². The van der Waals surface area contributed by atoms with E-state index in [0.29, 0.717) is 5.04 Å². The number of thioether (sulfide) groups is 2. The van der Waals surface area contributed by atoms with Crippen LogP contribution in [0.15, 0.2) is 108 Å². The van der Waals surface area contributed by atoms with E-state index in [2.05, 4.69) is 104 Å². The van der Waals surface area contributed by atoms with Crippen LogP contribution in [0.3, 0.4) is 0 Å². The number of benzene rings is 4. The summed E-state index contributed by atoms with van der Waals surface area (Å²) in [6.07, 6.45) is 0. The maximum absolute atomic E-state index is 12.7. The second-order valence-electron chi connectivity index (χ2n) is 9.36. The molecular weight excluding hydrogens is 480 g/mol. The van der Waals surface area contributed by atoms with E-state index in [4.69, 9.17) is 5.10 Å². The fraction of sp³-hybridized carbons (Fsp3) is 0.161. The first-order valence-electron chi connectivity index (χ1n) is 12.0. The highest BCUT2D eigenvalue weighted by Crippen LogP contribution is 2.70. The molecule has 2 heterocycles. The molecule has 2 aliphatic heterocycles. The Bertz CT molecular complexity index is 1470. The van der Waals surface area contributed by atoms with Crippen LogP contribution in [0.5, 0.6) is 0 Å². The van der Waals surface area contributed by atoms with Crippen molar-refractivity contribution in [2.75, 3.05) is 5.01 Å². The van der Waals surface area contributed by atoms with Gasteiger partial charge in [-0.2, -0.15) is 5.10 Å². The van der Waals surface area contributed by atoms with Crippen LogP contribution in [0.1, 0.15) is 40.3 Å². The summed E-state index contributed by atoms with van der Waals surface area (Å²) in [4.78, 5) is 12.7. The summed E-state index contributed by atoms with van der Waals surface area (Å²) < 4.78 is -1.11. The van der Waals surface area contributed by atoms with E-state index in [-0.39, 0.29) is 5.78 Å². The van der Waals surface area contributed by atoms with Crippen molar-refractivity contribution < 1.29 is 4.79 Å². The van der Waals surface area contributed by atoms with E-state index < -0.39 is 8.95 Å². The Labute approximate surface area is 220 Å². The molecule has 0 unspecified atom stereocenters. The van der Waals surface area contributed by atoms with E-state index in [1.807, 2.05) is 30.0 Å². The maximum Gasteiger partial charge on any atom is 0.187 e. The van der Waals surface area contributed by atoms with Gasteiger partial charge in [-0.1, -0.05) is 126 Å². The summed E-state index contributed by atoms with van der Waals surface area (Å²) in [6, 6.07) is 36.5. The molecule has 0 aliphatic carbocycles. The number of hydrogen-bond acceptors (Lipinski definition) is 5. The molecule has 0 amide bonds. The van der Waals surface area contributed by atoms with Crippen LogP contribution < -0.4 is 5.01 Å². The van der Waals surface area contributed by atoms with E-state index >= 15 is 0 Å². The highest BCUT2D eigenvalue weighted by Gasteiger charge is 2.61. The molecule has 0 saturated heterocycles. The van der Waals surface area contributed by atoms with Crippen molar-refractivity contribution in [2.45, 2.75) is 29.7 Å². The lowest BCUT2D eigenvalue weighted by molar-refractivity contribution is -0.110. The number of fused-ring (bicyclic) bond motifs is 2. The zero-order valence-corrected chi connectivity index (χ0v) is 22.1. The van der Waals surface area contributed by atoms with Gasteiger partial charge in [0.15, 0.2) is 15.0 Å². The van der Waals surface area contributed by atoms with E-state index in [9.17, 15) is 4.79 Å². The molecule has 4 aromatic rings. The first-order valence-corrected chi connectivity index (χ1v) is 13.7. The van der Waals surface area contributed by atoms with Crippen LogP contribution in [0.2, 0.25) is 0 Å². The second kappa shape index (κ2) is 8.68. The number of ketones is 1. The number of hydrazone groups is 1. The summed E-state index contributed by atoms with van der Waals surface area (Å²) in [6.45, 7) is 5.90. The van der Waals surface area contributed by atoms with Crippen molar-refractivity contribution in [3.8, 4) is 0 Å². The molecule has 1 spiro atoms. The lowest BCUT2D eigenvalue weighted by Crippen LogP contribution is -2.34. The summed E-state index contributed by atoms with van der Waals surface area (Å²) in [7, 11) is 0.